The van der Waals surface area contributed by atoms with Crippen molar-refractivity contribution in [3.05, 3.63) is 111 Å². The number of benzene rings is 3. The third-order valence-corrected chi connectivity index (χ3v) is 14.6. The summed E-state index contributed by atoms with van der Waals surface area (Å²) < 4.78 is 6.17. The van der Waals surface area contributed by atoms with Gasteiger partial charge in [0.15, 0.2) is 0 Å². The molecule has 4 amide bonds. The lowest BCUT2D eigenvalue weighted by Gasteiger charge is -2.49. The minimum atomic E-state index is -0.963. The average molecular weight is 868 g/mol. The third kappa shape index (κ3) is 7.81. The smallest absolute Gasteiger partial charge is 0.262 e. The summed E-state index contributed by atoms with van der Waals surface area (Å²) in [6, 6.07) is 23.1. The van der Waals surface area contributed by atoms with E-state index < -0.39 is 23.8 Å². The number of likely N-dealkylation sites (tertiary alicyclic amines) is 2. The number of anilines is 2. The number of nitrogens with zero attached hydrogens (tertiary/aromatic N) is 8. The molecule has 15 heteroatoms. The molecule has 6 aliphatic heterocycles. The van der Waals surface area contributed by atoms with Crippen LogP contribution in [-0.4, -0.2) is 119 Å². The molecule has 3 atom stereocenters. The molecule has 14 nitrogen and oxygen atoms in total. The van der Waals surface area contributed by atoms with E-state index in [-0.39, 0.29) is 24.2 Å². The number of aromatic nitrogens is 2. The van der Waals surface area contributed by atoms with Crippen LogP contribution >= 0.6 is 11.6 Å². The zero-order chi connectivity index (χ0) is 43.6. The van der Waals surface area contributed by atoms with Gasteiger partial charge in [-0.2, -0.15) is 5.26 Å². The summed E-state index contributed by atoms with van der Waals surface area (Å²) in [4.78, 5) is 71.1. The highest BCUT2D eigenvalue weighted by Crippen LogP contribution is 2.38. The molecule has 324 valence electrons. The molecule has 0 radical (unpaired) electrons. The van der Waals surface area contributed by atoms with Crippen molar-refractivity contribution < 1.29 is 23.9 Å². The van der Waals surface area contributed by atoms with Gasteiger partial charge in [-0.15, -0.1) is 0 Å². The molecular formula is C48H50ClN9O5. The molecule has 5 saturated heterocycles. The maximum atomic E-state index is 13.3. The van der Waals surface area contributed by atoms with Crippen molar-refractivity contribution >= 4 is 46.9 Å². The van der Waals surface area contributed by atoms with E-state index in [1.54, 1.807) is 18.2 Å². The number of halogens is 1. The molecular weight excluding hydrogens is 818 g/mol. The lowest BCUT2D eigenvalue weighted by atomic mass is 9.78. The number of nitriles is 1. The fraction of sp³-hybridized carbons (Fsp3) is 0.438. The van der Waals surface area contributed by atoms with Crippen LogP contribution in [0.15, 0.2) is 72.9 Å². The highest BCUT2D eigenvalue weighted by molar-refractivity contribution is 6.30. The van der Waals surface area contributed by atoms with Crippen LogP contribution in [-0.2, 0) is 21.6 Å². The Morgan fingerprint density at radius 1 is 0.794 bits per heavy atom. The molecule has 1 aromatic heterocycles. The predicted octanol–water partition coefficient (Wildman–Crippen LogP) is 5.03. The van der Waals surface area contributed by atoms with Crippen molar-refractivity contribution in [2.75, 3.05) is 62.2 Å². The Bertz CT molecular complexity index is 2520. The second kappa shape index (κ2) is 16.3. The normalized spacial score (nSPS) is 23.5. The lowest BCUT2D eigenvalue weighted by molar-refractivity contribution is -0.136. The van der Waals surface area contributed by atoms with Gasteiger partial charge in [0.2, 0.25) is 17.8 Å². The maximum Gasteiger partial charge on any atom is 0.262 e. The van der Waals surface area contributed by atoms with Gasteiger partial charge in [0.05, 0.1) is 28.5 Å². The first-order chi connectivity index (χ1) is 30.4. The highest BCUT2D eigenvalue weighted by atomic mass is 35.5. The summed E-state index contributed by atoms with van der Waals surface area (Å²) >= 11 is 6.31. The fourth-order valence-corrected chi connectivity index (χ4v) is 10.8. The van der Waals surface area contributed by atoms with Gasteiger partial charge in [0.25, 0.3) is 11.8 Å². The van der Waals surface area contributed by atoms with Crippen LogP contribution in [0.25, 0.3) is 0 Å². The molecule has 6 aliphatic rings. The highest BCUT2D eigenvalue weighted by Gasteiger charge is 2.46. The summed E-state index contributed by atoms with van der Waals surface area (Å²) in [5.41, 5.74) is 4.64. The SMILES string of the molecule is CC(C)(c1ccc(OCc2ccnc(N3CC4CN(C5CCN(C6CN(c7ccc8c(c7)C(=O)N(C7CCC(=O)NC7=O)C8=O)C6)CC5)CC4C3)n2)cc1)c1cc(Cl)cc(C#N)c1. The number of hydrogen-bond acceptors (Lipinski definition) is 12. The summed E-state index contributed by atoms with van der Waals surface area (Å²) in [5, 5.41) is 12.2. The largest absolute Gasteiger partial charge is 0.487 e. The Morgan fingerprint density at radius 2 is 1.52 bits per heavy atom. The Balaban J connectivity index is 0.671. The Labute approximate surface area is 371 Å². The van der Waals surface area contributed by atoms with E-state index >= 15 is 0 Å². The van der Waals surface area contributed by atoms with Crippen LogP contribution in [0.2, 0.25) is 5.02 Å². The summed E-state index contributed by atoms with van der Waals surface area (Å²) in [5.74, 6) is 0.785. The van der Waals surface area contributed by atoms with Crippen LogP contribution in [0.1, 0.15) is 82.6 Å². The van der Waals surface area contributed by atoms with Crippen molar-refractivity contribution in [2.24, 2.45) is 11.8 Å². The van der Waals surface area contributed by atoms with Crippen molar-refractivity contribution in [1.82, 2.24) is 30.0 Å². The van der Waals surface area contributed by atoms with E-state index in [1.807, 2.05) is 42.6 Å². The number of piperidine rings is 2. The van der Waals surface area contributed by atoms with Crippen LogP contribution in [0.5, 0.6) is 5.75 Å². The molecule has 0 bridgehead atoms. The number of imide groups is 2. The van der Waals surface area contributed by atoms with Gasteiger partial charge in [-0.05, 0) is 96.8 Å². The van der Waals surface area contributed by atoms with Crippen LogP contribution in [0.4, 0.5) is 11.6 Å². The first-order valence-electron chi connectivity index (χ1n) is 22.0. The second-order valence-electron chi connectivity index (χ2n) is 18.5. The minimum absolute atomic E-state index is 0.0998. The molecule has 0 aliphatic carbocycles. The predicted molar refractivity (Wildman–Crippen MR) is 236 cm³/mol. The van der Waals surface area contributed by atoms with Gasteiger partial charge < -0.3 is 14.5 Å². The van der Waals surface area contributed by atoms with Gasteiger partial charge in [-0.25, -0.2) is 9.97 Å². The average Bonchev–Trinajstić information content (AvgIpc) is 3.93. The summed E-state index contributed by atoms with van der Waals surface area (Å²) in [6.07, 6.45) is 4.38. The Morgan fingerprint density at radius 3 is 2.24 bits per heavy atom. The summed E-state index contributed by atoms with van der Waals surface area (Å²) in [7, 11) is 0. The number of nitrogens with one attached hydrogen (secondary N) is 1. The molecule has 3 aromatic carbocycles. The van der Waals surface area contributed by atoms with E-state index in [1.165, 1.54) is 0 Å². The van der Waals surface area contributed by atoms with E-state index in [2.05, 4.69) is 61.9 Å². The number of ether oxygens (including phenoxy) is 1. The van der Waals surface area contributed by atoms with Crippen LogP contribution in [0, 0.1) is 23.2 Å². The Kier molecular flexibility index (Phi) is 10.7. The molecule has 0 saturated carbocycles. The number of amides is 4. The van der Waals surface area contributed by atoms with Gasteiger partial charge in [0, 0.05) is 93.2 Å². The summed E-state index contributed by atoms with van der Waals surface area (Å²) in [6.45, 7) is 12.6. The molecule has 0 spiro atoms. The molecule has 10 rings (SSSR count). The van der Waals surface area contributed by atoms with Crippen molar-refractivity contribution in [3.63, 3.8) is 0 Å². The third-order valence-electron chi connectivity index (χ3n) is 14.4. The van der Waals surface area contributed by atoms with Gasteiger partial charge in [-0.1, -0.05) is 37.6 Å². The van der Waals surface area contributed by atoms with E-state index in [9.17, 15) is 24.4 Å². The first-order valence-corrected chi connectivity index (χ1v) is 22.4. The Hall–Kier alpha value is -5.88. The molecule has 7 heterocycles. The number of hydrogen-bond donors (Lipinski definition) is 1. The molecule has 5 fully saturated rings. The quantitative estimate of drug-likeness (QED) is 0.213. The zero-order valence-electron chi connectivity index (χ0n) is 35.5. The molecule has 63 heavy (non-hydrogen) atoms. The molecule has 3 unspecified atom stereocenters. The fourth-order valence-electron chi connectivity index (χ4n) is 10.6. The number of fused-ring (bicyclic) bond motifs is 2. The van der Waals surface area contributed by atoms with Gasteiger partial charge in [-0.3, -0.25) is 39.2 Å². The van der Waals surface area contributed by atoms with Crippen LogP contribution in [0.3, 0.4) is 0 Å². The molecule has 4 aromatic rings. The van der Waals surface area contributed by atoms with Crippen molar-refractivity contribution in [3.8, 4) is 11.8 Å². The topological polar surface area (TPSA) is 155 Å². The standard InChI is InChI=1S/C48H50ClN9O5/c1-48(2,33-17-29(21-50)18-34(49)19-33)32-3-6-39(7-4-32)63-28-35-11-14-51-47(52-35)57-24-30-22-55(23-31(30)25-57)36-12-15-54(16-13-36)38-26-56(27-38)37-5-8-40-41(20-37)46(62)58(45(40)61)42-9-10-43(59)53-44(42)60/h3-8,11,14,17-20,30-31,36,38,42H,9-10,12-13,15-16,22-28H2,1-2H3,(H,53,59,60). The second-order valence-corrected chi connectivity index (χ2v) is 18.9. The lowest BCUT2D eigenvalue weighted by Crippen LogP contribution is -2.62. The number of rotatable bonds is 10. The van der Waals surface area contributed by atoms with Gasteiger partial charge >= 0.3 is 0 Å². The van der Waals surface area contributed by atoms with Crippen molar-refractivity contribution in [1.29, 1.82) is 5.26 Å². The maximum absolute atomic E-state index is 13.3. The zero-order valence-corrected chi connectivity index (χ0v) is 36.3. The van der Waals surface area contributed by atoms with Crippen molar-refractivity contribution in [2.45, 2.75) is 69.7 Å². The first kappa shape index (κ1) is 41.1. The molecule has 1 N–H and O–H groups in total. The van der Waals surface area contributed by atoms with E-state index in [4.69, 9.17) is 21.3 Å². The van der Waals surface area contributed by atoms with Gasteiger partial charge in [0.1, 0.15) is 18.4 Å². The van der Waals surface area contributed by atoms with Crippen LogP contribution < -0.4 is 19.9 Å². The number of carbonyl (C=O) groups excluding carboxylic acids is 4. The van der Waals surface area contributed by atoms with E-state index in [0.717, 1.165) is 104 Å². The number of carbonyl (C=O) groups is 4. The monoisotopic (exact) mass is 867 g/mol. The van der Waals surface area contributed by atoms with E-state index in [0.29, 0.717) is 52.2 Å². The minimum Gasteiger partial charge on any atom is -0.487 e.